The fraction of sp³-hybridized carbons (Fsp3) is 0.462. The molecule has 6 heteroatoms. The first-order chi connectivity index (χ1) is 9.08. The number of ether oxygens (including phenoxy) is 2. The number of aryl methyl sites for hydroxylation is 1. The molecule has 0 aliphatic heterocycles. The summed E-state index contributed by atoms with van der Waals surface area (Å²) in [7, 11) is 3.20. The quantitative estimate of drug-likeness (QED) is 0.750. The Morgan fingerprint density at radius 2 is 2.11 bits per heavy atom. The number of anilines is 1. The zero-order valence-electron chi connectivity index (χ0n) is 11.4. The van der Waals surface area contributed by atoms with Gasteiger partial charge in [0.2, 0.25) is 5.91 Å². The SMILES string of the molecule is COCCNCC(=O)Nc1c(C)cc(Br)cc1OC. The molecule has 1 aromatic carbocycles. The fourth-order valence-electron chi connectivity index (χ4n) is 1.59. The van der Waals surface area contributed by atoms with Crippen LogP contribution in [0.4, 0.5) is 5.69 Å². The zero-order chi connectivity index (χ0) is 14.3. The lowest BCUT2D eigenvalue weighted by molar-refractivity contribution is -0.115. The molecule has 0 saturated heterocycles. The Bertz CT molecular complexity index is 438. The smallest absolute Gasteiger partial charge is 0.238 e. The van der Waals surface area contributed by atoms with Crippen molar-refractivity contribution in [2.45, 2.75) is 6.92 Å². The minimum Gasteiger partial charge on any atom is -0.495 e. The van der Waals surface area contributed by atoms with Crippen molar-refractivity contribution in [3.63, 3.8) is 0 Å². The summed E-state index contributed by atoms with van der Waals surface area (Å²) < 4.78 is 11.1. The third kappa shape index (κ3) is 5.18. The third-order valence-corrected chi connectivity index (χ3v) is 2.97. The maximum atomic E-state index is 11.8. The van der Waals surface area contributed by atoms with Gasteiger partial charge in [-0.25, -0.2) is 0 Å². The number of halogens is 1. The van der Waals surface area contributed by atoms with Crippen molar-refractivity contribution in [3.8, 4) is 5.75 Å². The number of methoxy groups -OCH3 is 2. The molecule has 0 atom stereocenters. The van der Waals surface area contributed by atoms with Gasteiger partial charge in [-0.1, -0.05) is 15.9 Å². The van der Waals surface area contributed by atoms with E-state index in [1.165, 1.54) is 0 Å². The largest absolute Gasteiger partial charge is 0.495 e. The Morgan fingerprint density at radius 3 is 2.74 bits per heavy atom. The second kappa shape index (κ2) is 8.14. The summed E-state index contributed by atoms with van der Waals surface area (Å²) in [5.74, 6) is 0.525. The van der Waals surface area contributed by atoms with Gasteiger partial charge in [0.25, 0.3) is 0 Å². The Kier molecular flexibility index (Phi) is 6.83. The molecule has 0 aliphatic rings. The number of hydrogen-bond acceptors (Lipinski definition) is 4. The number of benzene rings is 1. The van der Waals surface area contributed by atoms with Gasteiger partial charge in [0.15, 0.2) is 0 Å². The summed E-state index contributed by atoms with van der Waals surface area (Å²) in [6, 6.07) is 3.75. The lowest BCUT2D eigenvalue weighted by atomic mass is 10.2. The van der Waals surface area contributed by atoms with Gasteiger partial charge in [-0.05, 0) is 24.6 Å². The van der Waals surface area contributed by atoms with Crippen molar-refractivity contribution in [1.29, 1.82) is 0 Å². The van der Waals surface area contributed by atoms with E-state index in [-0.39, 0.29) is 12.5 Å². The molecule has 0 aliphatic carbocycles. The highest BCUT2D eigenvalue weighted by Gasteiger charge is 2.11. The Labute approximate surface area is 121 Å². The van der Waals surface area contributed by atoms with Crippen molar-refractivity contribution in [1.82, 2.24) is 5.32 Å². The molecule has 0 spiro atoms. The number of rotatable bonds is 7. The summed E-state index contributed by atoms with van der Waals surface area (Å²) in [5.41, 5.74) is 1.64. The predicted molar refractivity (Wildman–Crippen MR) is 78.8 cm³/mol. The van der Waals surface area contributed by atoms with E-state index in [1.54, 1.807) is 14.2 Å². The van der Waals surface area contributed by atoms with Crippen LogP contribution in [0.2, 0.25) is 0 Å². The molecule has 0 aromatic heterocycles. The van der Waals surface area contributed by atoms with Crippen LogP contribution in [-0.2, 0) is 9.53 Å². The highest BCUT2D eigenvalue weighted by Crippen LogP contribution is 2.31. The van der Waals surface area contributed by atoms with Crippen LogP contribution in [0.3, 0.4) is 0 Å². The molecule has 0 saturated carbocycles. The summed E-state index contributed by atoms with van der Waals surface area (Å²) in [6.07, 6.45) is 0. The molecule has 1 amide bonds. The van der Waals surface area contributed by atoms with Gasteiger partial charge in [-0.2, -0.15) is 0 Å². The monoisotopic (exact) mass is 330 g/mol. The summed E-state index contributed by atoms with van der Waals surface area (Å²) in [6.45, 7) is 3.37. The van der Waals surface area contributed by atoms with Crippen LogP contribution < -0.4 is 15.4 Å². The number of carbonyl (C=O) groups excluding carboxylic acids is 1. The van der Waals surface area contributed by atoms with Crippen LogP contribution in [-0.4, -0.2) is 39.8 Å². The first kappa shape index (κ1) is 15.9. The Morgan fingerprint density at radius 1 is 1.37 bits per heavy atom. The topological polar surface area (TPSA) is 59.6 Å². The average Bonchev–Trinajstić information content (AvgIpc) is 2.37. The molecule has 19 heavy (non-hydrogen) atoms. The second-order valence-corrected chi connectivity index (χ2v) is 4.93. The number of hydrogen-bond donors (Lipinski definition) is 2. The van der Waals surface area contributed by atoms with Gasteiger partial charge in [-0.3, -0.25) is 4.79 Å². The molecule has 5 nitrogen and oxygen atoms in total. The van der Waals surface area contributed by atoms with Crippen molar-refractivity contribution in [3.05, 3.63) is 22.2 Å². The molecule has 0 heterocycles. The van der Waals surface area contributed by atoms with Gasteiger partial charge < -0.3 is 20.1 Å². The predicted octanol–water partition coefficient (Wildman–Crippen LogP) is 1.94. The van der Waals surface area contributed by atoms with Crippen LogP contribution in [0.15, 0.2) is 16.6 Å². The van der Waals surface area contributed by atoms with Crippen molar-refractivity contribution >= 4 is 27.5 Å². The summed E-state index contributed by atoms with van der Waals surface area (Å²) in [5, 5.41) is 5.83. The molecule has 106 valence electrons. The normalized spacial score (nSPS) is 10.3. The highest BCUT2D eigenvalue weighted by molar-refractivity contribution is 9.10. The molecule has 0 radical (unpaired) electrons. The van der Waals surface area contributed by atoms with E-state index in [0.717, 1.165) is 10.0 Å². The minimum absolute atomic E-state index is 0.111. The van der Waals surface area contributed by atoms with Crippen LogP contribution >= 0.6 is 15.9 Å². The van der Waals surface area contributed by atoms with Crippen LogP contribution in [0.25, 0.3) is 0 Å². The van der Waals surface area contributed by atoms with Gasteiger partial charge in [-0.15, -0.1) is 0 Å². The average molecular weight is 331 g/mol. The standard InChI is InChI=1S/C13H19BrN2O3/c1-9-6-10(14)7-11(19-3)13(9)16-12(17)8-15-4-5-18-2/h6-7,15H,4-5,8H2,1-3H3,(H,16,17). The van der Waals surface area contributed by atoms with Crippen LogP contribution in [0.5, 0.6) is 5.75 Å². The van der Waals surface area contributed by atoms with E-state index in [1.807, 2.05) is 19.1 Å². The van der Waals surface area contributed by atoms with Gasteiger partial charge in [0.05, 0.1) is 25.9 Å². The number of amides is 1. The molecular weight excluding hydrogens is 312 g/mol. The maximum Gasteiger partial charge on any atom is 0.238 e. The molecule has 0 unspecified atom stereocenters. The van der Waals surface area contributed by atoms with Crippen LogP contribution in [0.1, 0.15) is 5.56 Å². The van der Waals surface area contributed by atoms with Crippen molar-refractivity contribution in [2.75, 3.05) is 39.2 Å². The van der Waals surface area contributed by atoms with E-state index in [0.29, 0.717) is 24.6 Å². The molecular formula is C13H19BrN2O3. The van der Waals surface area contributed by atoms with E-state index in [4.69, 9.17) is 9.47 Å². The van der Waals surface area contributed by atoms with E-state index in [9.17, 15) is 4.79 Å². The molecule has 0 bridgehead atoms. The molecule has 1 aromatic rings. The highest BCUT2D eigenvalue weighted by atomic mass is 79.9. The van der Waals surface area contributed by atoms with E-state index >= 15 is 0 Å². The lowest BCUT2D eigenvalue weighted by Crippen LogP contribution is -2.30. The van der Waals surface area contributed by atoms with E-state index < -0.39 is 0 Å². The maximum absolute atomic E-state index is 11.8. The number of carbonyl (C=O) groups is 1. The Hall–Kier alpha value is -1.11. The first-order valence-corrected chi connectivity index (χ1v) is 6.71. The van der Waals surface area contributed by atoms with Gasteiger partial charge in [0, 0.05) is 18.1 Å². The minimum atomic E-state index is -0.111. The molecule has 2 N–H and O–H groups in total. The van der Waals surface area contributed by atoms with Crippen molar-refractivity contribution < 1.29 is 14.3 Å². The second-order valence-electron chi connectivity index (χ2n) is 4.02. The summed E-state index contributed by atoms with van der Waals surface area (Å²) >= 11 is 3.39. The summed E-state index contributed by atoms with van der Waals surface area (Å²) in [4.78, 5) is 11.8. The van der Waals surface area contributed by atoms with Gasteiger partial charge in [0.1, 0.15) is 5.75 Å². The molecule has 1 rings (SSSR count). The fourth-order valence-corrected chi connectivity index (χ4v) is 2.14. The zero-order valence-corrected chi connectivity index (χ0v) is 13.0. The van der Waals surface area contributed by atoms with Gasteiger partial charge >= 0.3 is 0 Å². The van der Waals surface area contributed by atoms with Crippen LogP contribution in [0, 0.1) is 6.92 Å². The number of nitrogens with one attached hydrogen (secondary N) is 2. The first-order valence-electron chi connectivity index (χ1n) is 5.92. The van der Waals surface area contributed by atoms with E-state index in [2.05, 4.69) is 26.6 Å². The Balaban J connectivity index is 2.63. The third-order valence-electron chi connectivity index (χ3n) is 2.52. The van der Waals surface area contributed by atoms with Crippen molar-refractivity contribution in [2.24, 2.45) is 0 Å². The molecule has 0 fully saturated rings. The lowest BCUT2D eigenvalue weighted by Gasteiger charge is -2.14.